The molecule has 0 N–H and O–H groups in total. The maximum Gasteiger partial charge on any atom is 0.410 e. The molecule has 0 saturated carbocycles. The van der Waals surface area contributed by atoms with Gasteiger partial charge < -0.3 is 14.1 Å². The van der Waals surface area contributed by atoms with Crippen LogP contribution in [0.3, 0.4) is 0 Å². The van der Waals surface area contributed by atoms with Crippen molar-refractivity contribution in [2.75, 3.05) is 13.1 Å². The molecule has 1 fully saturated rings. The van der Waals surface area contributed by atoms with Crippen LogP contribution in [0.4, 0.5) is 4.79 Å². The Balaban J connectivity index is 1.48. The minimum atomic E-state index is -0.249. The first-order chi connectivity index (χ1) is 14.0. The summed E-state index contributed by atoms with van der Waals surface area (Å²) in [7, 11) is 0. The number of oxazole rings is 1. The number of fused-ring (bicyclic) bond motifs is 1. The second-order valence-electron chi connectivity index (χ2n) is 7.67. The average Bonchev–Trinajstić information content (AvgIpc) is 3.17. The van der Waals surface area contributed by atoms with Crippen LogP contribution >= 0.6 is 0 Å². The largest absolute Gasteiger partial charge is 0.447 e. The molecule has 6 nitrogen and oxygen atoms in total. The Bertz CT molecular complexity index is 1020. The molecule has 1 amide bonds. The third-order valence-electron chi connectivity index (χ3n) is 5.22. The van der Waals surface area contributed by atoms with E-state index in [4.69, 9.17) is 14.1 Å². The summed E-state index contributed by atoms with van der Waals surface area (Å²) in [4.78, 5) is 29.4. The lowest BCUT2D eigenvalue weighted by atomic mass is 9.97. The summed E-state index contributed by atoms with van der Waals surface area (Å²) in [5, 5.41) is 0. The molecular formula is C23H24N2O4. The monoisotopic (exact) mass is 392 g/mol. The molecule has 1 aliphatic rings. The maximum absolute atomic E-state index is 12.1. The molecule has 1 aromatic heterocycles. The van der Waals surface area contributed by atoms with Gasteiger partial charge in [-0.15, -0.1) is 0 Å². The van der Waals surface area contributed by atoms with Gasteiger partial charge in [0.15, 0.2) is 11.5 Å². The number of aromatic nitrogens is 1. The molecule has 6 heteroatoms. The van der Waals surface area contributed by atoms with Gasteiger partial charge in [-0.1, -0.05) is 30.3 Å². The van der Waals surface area contributed by atoms with Crippen LogP contribution in [0, 0.1) is 0 Å². The summed E-state index contributed by atoms with van der Waals surface area (Å²) in [5.41, 5.74) is 4.29. The number of nitrogens with zero attached hydrogens (tertiary/aromatic N) is 2. The van der Waals surface area contributed by atoms with E-state index >= 15 is 0 Å². The number of carbonyl (C=O) groups excluding carboxylic acids is 2. The van der Waals surface area contributed by atoms with Gasteiger partial charge in [0.05, 0.1) is 6.10 Å². The molecular weight excluding hydrogens is 368 g/mol. The number of carbonyl (C=O) groups is 2. The fraction of sp³-hybridized carbons (Fsp3) is 0.348. The third-order valence-corrected chi connectivity index (χ3v) is 5.22. The molecule has 0 bridgehead atoms. The summed E-state index contributed by atoms with van der Waals surface area (Å²) in [6.07, 6.45) is 2.09. The minimum Gasteiger partial charge on any atom is -0.447 e. The minimum absolute atomic E-state index is 0.110. The van der Waals surface area contributed by atoms with Crippen molar-refractivity contribution < 1.29 is 18.7 Å². The zero-order chi connectivity index (χ0) is 20.4. The average molecular weight is 392 g/mol. The van der Waals surface area contributed by atoms with Crippen molar-refractivity contribution in [1.82, 2.24) is 9.88 Å². The van der Waals surface area contributed by atoms with Gasteiger partial charge in [0.2, 0.25) is 0 Å². The van der Waals surface area contributed by atoms with E-state index in [-0.39, 0.29) is 18.1 Å². The molecule has 0 spiro atoms. The van der Waals surface area contributed by atoms with Crippen molar-refractivity contribution >= 4 is 23.5 Å². The smallest absolute Gasteiger partial charge is 0.410 e. The summed E-state index contributed by atoms with van der Waals surface area (Å²) >= 11 is 0. The molecule has 0 atom stereocenters. The van der Waals surface area contributed by atoms with E-state index in [0.29, 0.717) is 18.7 Å². The second-order valence-corrected chi connectivity index (χ2v) is 7.67. The van der Waals surface area contributed by atoms with Gasteiger partial charge in [-0.2, -0.15) is 0 Å². The van der Waals surface area contributed by atoms with Crippen LogP contribution in [0.2, 0.25) is 0 Å². The van der Waals surface area contributed by atoms with Crippen molar-refractivity contribution in [3.63, 3.8) is 0 Å². The Morgan fingerprint density at radius 3 is 2.48 bits per heavy atom. The topological polar surface area (TPSA) is 72.6 Å². The fourth-order valence-corrected chi connectivity index (χ4v) is 3.64. The first-order valence-electron chi connectivity index (χ1n) is 9.95. The number of piperidine rings is 1. The van der Waals surface area contributed by atoms with E-state index in [9.17, 15) is 9.59 Å². The van der Waals surface area contributed by atoms with E-state index in [1.165, 1.54) is 0 Å². The highest BCUT2D eigenvalue weighted by Crippen LogP contribution is 2.32. The SMILES string of the molecule is CC(C)OC(=O)N1CCC(c2nc3cc(-c4ccc(C=O)cc4)ccc3o2)CC1. The molecule has 2 aromatic carbocycles. The van der Waals surface area contributed by atoms with Crippen LogP contribution in [0.15, 0.2) is 46.9 Å². The number of rotatable bonds is 4. The van der Waals surface area contributed by atoms with E-state index in [0.717, 1.165) is 47.2 Å². The van der Waals surface area contributed by atoms with Crippen LogP contribution in [0.1, 0.15) is 48.9 Å². The van der Waals surface area contributed by atoms with Crippen LogP contribution in [-0.2, 0) is 4.74 Å². The van der Waals surface area contributed by atoms with E-state index in [2.05, 4.69) is 0 Å². The summed E-state index contributed by atoms with van der Waals surface area (Å²) in [6.45, 7) is 4.99. The summed E-state index contributed by atoms with van der Waals surface area (Å²) in [6, 6.07) is 13.4. The maximum atomic E-state index is 12.1. The lowest BCUT2D eigenvalue weighted by molar-refractivity contribution is 0.0681. The lowest BCUT2D eigenvalue weighted by Crippen LogP contribution is -2.39. The van der Waals surface area contributed by atoms with Gasteiger partial charge in [-0.3, -0.25) is 4.79 Å². The van der Waals surface area contributed by atoms with Crippen molar-refractivity contribution in [1.29, 1.82) is 0 Å². The molecule has 0 aliphatic carbocycles. The van der Waals surface area contributed by atoms with Crippen molar-refractivity contribution in [3.8, 4) is 11.1 Å². The normalized spacial score (nSPS) is 15.1. The quantitative estimate of drug-likeness (QED) is 0.582. The highest BCUT2D eigenvalue weighted by Gasteiger charge is 2.28. The van der Waals surface area contributed by atoms with Crippen LogP contribution in [0.5, 0.6) is 0 Å². The Hall–Kier alpha value is -3.15. The van der Waals surface area contributed by atoms with Crippen molar-refractivity contribution in [3.05, 3.63) is 53.9 Å². The Kier molecular flexibility index (Phi) is 5.34. The van der Waals surface area contributed by atoms with E-state index in [1.54, 1.807) is 17.0 Å². The van der Waals surface area contributed by atoms with Crippen LogP contribution < -0.4 is 0 Å². The molecule has 150 valence electrons. The summed E-state index contributed by atoms with van der Waals surface area (Å²) in [5.74, 6) is 0.922. The van der Waals surface area contributed by atoms with Gasteiger partial charge in [0, 0.05) is 24.6 Å². The second kappa shape index (κ2) is 8.07. The number of benzene rings is 2. The number of hydrogen-bond donors (Lipinski definition) is 0. The summed E-state index contributed by atoms with van der Waals surface area (Å²) < 4.78 is 11.3. The Labute approximate surface area is 169 Å². The molecule has 29 heavy (non-hydrogen) atoms. The van der Waals surface area contributed by atoms with E-state index < -0.39 is 0 Å². The van der Waals surface area contributed by atoms with Gasteiger partial charge in [-0.05, 0) is 49.9 Å². The number of aldehydes is 1. The third kappa shape index (κ3) is 4.16. The zero-order valence-electron chi connectivity index (χ0n) is 16.6. The van der Waals surface area contributed by atoms with Crippen molar-refractivity contribution in [2.24, 2.45) is 0 Å². The van der Waals surface area contributed by atoms with Gasteiger partial charge in [0.1, 0.15) is 11.8 Å². The number of amides is 1. The highest BCUT2D eigenvalue weighted by atomic mass is 16.6. The fourth-order valence-electron chi connectivity index (χ4n) is 3.64. The highest BCUT2D eigenvalue weighted by molar-refractivity contribution is 5.82. The number of likely N-dealkylation sites (tertiary alicyclic amines) is 1. The number of ether oxygens (including phenoxy) is 1. The number of hydrogen-bond acceptors (Lipinski definition) is 5. The molecule has 1 saturated heterocycles. The molecule has 1 aliphatic heterocycles. The zero-order valence-corrected chi connectivity index (χ0v) is 16.6. The van der Waals surface area contributed by atoms with Gasteiger partial charge in [-0.25, -0.2) is 9.78 Å². The molecule has 0 unspecified atom stereocenters. The predicted octanol–water partition coefficient (Wildman–Crippen LogP) is 5.03. The molecule has 3 aromatic rings. The first-order valence-corrected chi connectivity index (χ1v) is 9.95. The van der Waals surface area contributed by atoms with Gasteiger partial charge >= 0.3 is 6.09 Å². The molecule has 2 heterocycles. The molecule has 4 rings (SSSR count). The predicted molar refractivity (Wildman–Crippen MR) is 110 cm³/mol. The first kappa shape index (κ1) is 19.2. The van der Waals surface area contributed by atoms with Crippen LogP contribution in [-0.4, -0.2) is 41.5 Å². The molecule has 0 radical (unpaired) electrons. The van der Waals surface area contributed by atoms with Crippen molar-refractivity contribution in [2.45, 2.75) is 38.7 Å². The van der Waals surface area contributed by atoms with Gasteiger partial charge in [0.25, 0.3) is 0 Å². The standard InChI is InChI=1S/C23H24N2O4/c1-15(2)28-23(27)25-11-9-18(10-12-25)22-24-20-13-19(7-8-21(20)29-22)17-5-3-16(14-26)4-6-17/h3-8,13-15,18H,9-12H2,1-2H3. The Morgan fingerprint density at radius 1 is 1.14 bits per heavy atom. The Morgan fingerprint density at radius 2 is 1.83 bits per heavy atom. The van der Waals surface area contributed by atoms with Crippen LogP contribution in [0.25, 0.3) is 22.2 Å². The lowest BCUT2D eigenvalue weighted by Gasteiger charge is -2.30. The van der Waals surface area contributed by atoms with E-state index in [1.807, 2.05) is 44.2 Å².